The number of amides is 2. The van der Waals surface area contributed by atoms with Crippen molar-refractivity contribution in [1.82, 2.24) is 9.91 Å². The standard InChI is InChI=1S/C23H19N5O6S/c24-20-16(12-14-3-5-15(6-4-14)34-22(31)17-2-1-9-33-17)21(30)25-23-28(20)26-18(35-23)13-19(29)27-7-10-32-11-8-27/h1-6,9,12,24H,7-8,10-11,13H2/b16-12-,24-20?. The van der Waals surface area contributed by atoms with Gasteiger partial charge in [-0.05, 0) is 47.7 Å². The first kappa shape index (κ1) is 22.7. The second-order valence-corrected chi connectivity index (χ2v) is 8.66. The second-order valence-electron chi connectivity index (χ2n) is 7.62. The smallest absolute Gasteiger partial charge is 0.379 e. The Kier molecular flexibility index (Phi) is 6.29. The van der Waals surface area contributed by atoms with Crippen LogP contribution >= 0.6 is 11.8 Å². The van der Waals surface area contributed by atoms with Crippen LogP contribution < -0.4 is 4.74 Å². The van der Waals surface area contributed by atoms with E-state index in [9.17, 15) is 14.4 Å². The summed E-state index contributed by atoms with van der Waals surface area (Å²) in [6, 6.07) is 9.51. The maximum atomic E-state index is 12.6. The van der Waals surface area contributed by atoms with E-state index >= 15 is 0 Å². The summed E-state index contributed by atoms with van der Waals surface area (Å²) in [5.74, 6) is -1.02. The van der Waals surface area contributed by atoms with Crippen LogP contribution in [-0.2, 0) is 14.3 Å². The molecule has 2 aromatic rings. The number of hydrazone groups is 1. The van der Waals surface area contributed by atoms with Crippen molar-refractivity contribution in [2.24, 2.45) is 10.1 Å². The van der Waals surface area contributed by atoms with Gasteiger partial charge < -0.3 is 18.8 Å². The highest BCUT2D eigenvalue weighted by molar-refractivity contribution is 8.27. The first-order chi connectivity index (χ1) is 17.0. The van der Waals surface area contributed by atoms with Gasteiger partial charge in [0.05, 0.1) is 31.5 Å². The second kappa shape index (κ2) is 9.68. The average Bonchev–Trinajstić information content (AvgIpc) is 3.54. The zero-order valence-corrected chi connectivity index (χ0v) is 19.1. The van der Waals surface area contributed by atoms with Crippen molar-refractivity contribution in [1.29, 1.82) is 5.41 Å². The summed E-state index contributed by atoms with van der Waals surface area (Å²) >= 11 is 1.11. The summed E-state index contributed by atoms with van der Waals surface area (Å²) in [6.45, 7) is 2.07. The Morgan fingerprint density at radius 1 is 1.17 bits per heavy atom. The first-order valence-corrected chi connectivity index (χ1v) is 11.5. The minimum Gasteiger partial charge on any atom is -0.457 e. The Morgan fingerprint density at radius 3 is 2.66 bits per heavy atom. The third kappa shape index (κ3) is 4.93. The molecule has 2 amide bonds. The van der Waals surface area contributed by atoms with Crippen molar-refractivity contribution in [2.45, 2.75) is 6.42 Å². The molecule has 0 saturated carbocycles. The van der Waals surface area contributed by atoms with Crippen LogP contribution in [0, 0.1) is 5.41 Å². The van der Waals surface area contributed by atoms with Crippen molar-refractivity contribution >= 4 is 51.7 Å². The number of nitrogens with zero attached hydrogens (tertiary/aromatic N) is 4. The van der Waals surface area contributed by atoms with Crippen molar-refractivity contribution in [3.05, 3.63) is 59.6 Å². The molecule has 178 valence electrons. The number of thioether (sulfide) groups is 1. The first-order valence-electron chi connectivity index (χ1n) is 10.7. The summed E-state index contributed by atoms with van der Waals surface area (Å²) in [5.41, 5.74) is 0.660. The fraction of sp³-hybridized carbons (Fsp3) is 0.217. The highest BCUT2D eigenvalue weighted by Crippen LogP contribution is 2.30. The number of rotatable bonds is 5. The van der Waals surface area contributed by atoms with Gasteiger partial charge in [0.1, 0.15) is 10.8 Å². The quantitative estimate of drug-likeness (QED) is 0.381. The Hall–Kier alpha value is -4.03. The van der Waals surface area contributed by atoms with E-state index in [1.54, 1.807) is 35.2 Å². The Bertz CT molecular complexity index is 1280. The lowest BCUT2D eigenvalue weighted by Gasteiger charge is -2.26. The molecule has 35 heavy (non-hydrogen) atoms. The third-order valence-corrected chi connectivity index (χ3v) is 6.20. The number of fused-ring (bicyclic) bond motifs is 1. The zero-order valence-electron chi connectivity index (χ0n) is 18.3. The summed E-state index contributed by atoms with van der Waals surface area (Å²) in [7, 11) is 0. The average molecular weight is 494 g/mol. The van der Waals surface area contributed by atoms with Gasteiger partial charge in [0.2, 0.25) is 16.8 Å². The van der Waals surface area contributed by atoms with Gasteiger partial charge in [0, 0.05) is 13.1 Å². The summed E-state index contributed by atoms with van der Waals surface area (Å²) in [4.78, 5) is 42.9. The molecule has 0 aliphatic carbocycles. The van der Waals surface area contributed by atoms with Crippen LogP contribution in [0.2, 0.25) is 0 Å². The zero-order chi connectivity index (χ0) is 24.4. The van der Waals surface area contributed by atoms with Crippen LogP contribution in [0.15, 0.2) is 62.7 Å². The van der Waals surface area contributed by atoms with Crippen LogP contribution in [-0.4, -0.2) is 70.0 Å². The van der Waals surface area contributed by atoms with Gasteiger partial charge in [-0.25, -0.2) is 4.79 Å². The normalized spacial score (nSPS) is 18.9. The van der Waals surface area contributed by atoms with E-state index in [1.807, 2.05) is 0 Å². The molecule has 4 heterocycles. The number of benzene rings is 1. The minimum atomic E-state index is -0.625. The lowest BCUT2D eigenvalue weighted by Crippen LogP contribution is -2.41. The van der Waals surface area contributed by atoms with Crippen LogP contribution in [0.25, 0.3) is 6.08 Å². The summed E-state index contributed by atoms with van der Waals surface area (Å²) in [6.07, 6.45) is 2.96. The monoisotopic (exact) mass is 493 g/mol. The molecule has 0 unspecified atom stereocenters. The van der Waals surface area contributed by atoms with E-state index in [1.165, 1.54) is 23.4 Å². The molecule has 5 rings (SSSR count). The van der Waals surface area contributed by atoms with Gasteiger partial charge >= 0.3 is 5.97 Å². The highest BCUT2D eigenvalue weighted by Gasteiger charge is 2.36. The number of ether oxygens (including phenoxy) is 2. The van der Waals surface area contributed by atoms with Crippen molar-refractivity contribution in [2.75, 3.05) is 26.3 Å². The van der Waals surface area contributed by atoms with Crippen molar-refractivity contribution in [3.63, 3.8) is 0 Å². The third-order valence-electron chi connectivity index (χ3n) is 5.29. The van der Waals surface area contributed by atoms with Gasteiger partial charge in [0.15, 0.2) is 5.84 Å². The van der Waals surface area contributed by atoms with E-state index in [2.05, 4.69) is 10.1 Å². The number of carbonyl (C=O) groups is 3. The molecule has 1 aromatic carbocycles. The number of furan rings is 1. The van der Waals surface area contributed by atoms with E-state index < -0.39 is 11.9 Å². The maximum Gasteiger partial charge on any atom is 0.379 e. The Balaban J connectivity index is 1.27. The van der Waals surface area contributed by atoms with Gasteiger partial charge in [-0.3, -0.25) is 15.0 Å². The molecule has 1 saturated heterocycles. The Labute approximate surface area is 203 Å². The molecular weight excluding hydrogens is 474 g/mol. The lowest BCUT2D eigenvalue weighted by atomic mass is 10.1. The van der Waals surface area contributed by atoms with E-state index in [4.69, 9.17) is 19.3 Å². The molecule has 0 bridgehead atoms. The van der Waals surface area contributed by atoms with E-state index in [0.717, 1.165) is 11.8 Å². The van der Waals surface area contributed by atoms with Gasteiger partial charge in [-0.15, -0.1) is 0 Å². The predicted molar refractivity (Wildman–Crippen MR) is 127 cm³/mol. The van der Waals surface area contributed by atoms with Gasteiger partial charge in [0.25, 0.3) is 5.91 Å². The molecule has 1 aromatic heterocycles. The number of morpholine rings is 1. The molecule has 1 fully saturated rings. The highest BCUT2D eigenvalue weighted by atomic mass is 32.2. The largest absolute Gasteiger partial charge is 0.457 e. The molecular formula is C23H19N5O6S. The molecule has 12 heteroatoms. The van der Waals surface area contributed by atoms with Crippen molar-refractivity contribution < 1.29 is 28.3 Å². The van der Waals surface area contributed by atoms with Crippen LogP contribution in [0.5, 0.6) is 5.75 Å². The number of amidine groups is 2. The number of hydrogen-bond donors (Lipinski definition) is 1. The van der Waals surface area contributed by atoms with Gasteiger partial charge in [-0.1, -0.05) is 12.1 Å². The van der Waals surface area contributed by atoms with Crippen LogP contribution in [0.1, 0.15) is 22.5 Å². The van der Waals surface area contributed by atoms with Crippen LogP contribution in [0.3, 0.4) is 0 Å². The fourth-order valence-electron chi connectivity index (χ4n) is 3.51. The predicted octanol–water partition coefficient (Wildman–Crippen LogP) is 2.37. The molecule has 0 spiro atoms. The fourth-order valence-corrected chi connectivity index (χ4v) is 4.38. The van der Waals surface area contributed by atoms with Crippen molar-refractivity contribution in [3.8, 4) is 5.75 Å². The van der Waals surface area contributed by atoms with E-state index in [0.29, 0.717) is 42.7 Å². The lowest BCUT2D eigenvalue weighted by molar-refractivity contribution is -0.133. The molecule has 0 atom stereocenters. The molecule has 0 radical (unpaired) electrons. The summed E-state index contributed by atoms with van der Waals surface area (Å²) < 4.78 is 15.5. The number of carbonyl (C=O) groups excluding carboxylic acids is 3. The number of aliphatic imine (C=N–C) groups is 1. The Morgan fingerprint density at radius 2 is 1.94 bits per heavy atom. The maximum absolute atomic E-state index is 12.6. The molecule has 3 aliphatic heterocycles. The molecule has 11 nitrogen and oxygen atoms in total. The minimum absolute atomic E-state index is 0.0548. The molecule has 1 N–H and O–H groups in total. The topological polar surface area (TPSA) is 138 Å². The SMILES string of the molecule is N=C1/C(=C/c2ccc(OC(=O)c3ccco3)cc2)C(=O)N=C2SC(CC(=O)N3CCOCC3)=NN12. The number of esters is 1. The van der Waals surface area contributed by atoms with Crippen LogP contribution in [0.4, 0.5) is 0 Å². The number of hydrogen-bond acceptors (Lipinski definition) is 9. The van der Waals surface area contributed by atoms with Gasteiger partial charge in [-0.2, -0.15) is 15.1 Å². The molecule has 3 aliphatic rings. The number of nitrogens with one attached hydrogen (secondary N) is 1. The summed E-state index contributed by atoms with van der Waals surface area (Å²) in [5, 5.41) is 14.8. The van der Waals surface area contributed by atoms with E-state index in [-0.39, 0.29) is 34.7 Å².